The van der Waals surface area contributed by atoms with Gasteiger partial charge in [0.15, 0.2) is 0 Å². The van der Waals surface area contributed by atoms with Crippen LogP contribution in [0.3, 0.4) is 0 Å². The molecule has 3 fully saturated rings. The van der Waals surface area contributed by atoms with E-state index in [4.69, 9.17) is 14.6 Å². The van der Waals surface area contributed by atoms with E-state index in [1.807, 2.05) is 24.3 Å². The van der Waals surface area contributed by atoms with Crippen molar-refractivity contribution in [3.8, 4) is 0 Å². The van der Waals surface area contributed by atoms with Crippen molar-refractivity contribution in [2.45, 2.75) is 43.4 Å². The topological polar surface area (TPSA) is 71.4 Å². The van der Waals surface area contributed by atoms with Crippen molar-refractivity contribution in [3.05, 3.63) is 29.8 Å². The molecular weight excluding hydrogens is 320 g/mol. The second-order valence-electron chi connectivity index (χ2n) is 7.45. The number of carbonyl (C=O) groups excluding carboxylic acids is 1. The molecule has 6 atom stereocenters. The lowest BCUT2D eigenvalue weighted by Crippen LogP contribution is -2.58. The number of amides is 1. The van der Waals surface area contributed by atoms with Gasteiger partial charge in [0.05, 0.1) is 31.5 Å². The predicted octanol–water partition coefficient (Wildman–Crippen LogP) is 1.46. The minimum Gasteiger partial charge on any atom is -0.390 e. The van der Waals surface area contributed by atoms with Gasteiger partial charge in [-0.05, 0) is 24.5 Å². The molecular formula is C19H22N2O4. The fourth-order valence-corrected chi connectivity index (χ4v) is 5.54. The van der Waals surface area contributed by atoms with Crippen LogP contribution in [-0.2, 0) is 19.8 Å². The average molecular weight is 342 g/mol. The van der Waals surface area contributed by atoms with E-state index >= 15 is 0 Å². The zero-order chi connectivity index (χ0) is 17.3. The third-order valence-electron chi connectivity index (χ3n) is 6.55. The van der Waals surface area contributed by atoms with Crippen LogP contribution in [0.4, 0.5) is 5.69 Å². The number of hydrogen-bond acceptors (Lipinski definition) is 5. The molecule has 132 valence electrons. The van der Waals surface area contributed by atoms with Crippen LogP contribution in [0.2, 0.25) is 0 Å². The number of aliphatic hydroxyl groups excluding tert-OH is 1. The summed E-state index contributed by atoms with van der Waals surface area (Å²) >= 11 is 0. The molecule has 25 heavy (non-hydrogen) atoms. The first-order valence-corrected chi connectivity index (χ1v) is 8.98. The molecule has 4 bridgehead atoms. The summed E-state index contributed by atoms with van der Waals surface area (Å²) < 4.78 is 6.12. The Hall–Kier alpha value is -1.76. The van der Waals surface area contributed by atoms with Crippen LogP contribution in [0, 0.1) is 11.8 Å². The van der Waals surface area contributed by atoms with Gasteiger partial charge in [0.1, 0.15) is 11.5 Å². The van der Waals surface area contributed by atoms with Crippen molar-refractivity contribution in [2.24, 2.45) is 16.8 Å². The summed E-state index contributed by atoms with van der Waals surface area (Å²) in [6.45, 7) is 2.63. The molecule has 5 aliphatic rings. The monoisotopic (exact) mass is 342 g/mol. The highest BCUT2D eigenvalue weighted by Gasteiger charge is 2.67. The maximum atomic E-state index is 13.4. The van der Waals surface area contributed by atoms with Gasteiger partial charge in [-0.1, -0.05) is 25.1 Å². The van der Waals surface area contributed by atoms with Crippen molar-refractivity contribution in [2.75, 3.05) is 18.8 Å². The van der Waals surface area contributed by atoms with Gasteiger partial charge in [-0.15, -0.1) is 0 Å². The Kier molecular flexibility index (Phi) is 3.18. The van der Waals surface area contributed by atoms with Gasteiger partial charge in [0, 0.05) is 17.5 Å². The lowest BCUT2D eigenvalue weighted by atomic mass is 9.70. The molecule has 4 aliphatic heterocycles. The molecule has 6 nitrogen and oxygen atoms in total. The van der Waals surface area contributed by atoms with Gasteiger partial charge in [0.25, 0.3) is 5.91 Å². The number of rotatable bonds is 2. The van der Waals surface area contributed by atoms with E-state index in [1.54, 1.807) is 0 Å². The Morgan fingerprint density at radius 2 is 2.24 bits per heavy atom. The van der Waals surface area contributed by atoms with Crippen LogP contribution in [-0.4, -0.2) is 48.7 Å². The largest absolute Gasteiger partial charge is 0.390 e. The first-order chi connectivity index (χ1) is 12.1. The number of fused-ring (bicyclic) bond motifs is 2. The molecule has 2 saturated heterocycles. The highest BCUT2D eigenvalue weighted by molar-refractivity contribution is 6.07. The van der Waals surface area contributed by atoms with E-state index in [2.05, 4.69) is 6.92 Å². The summed E-state index contributed by atoms with van der Waals surface area (Å²) in [7, 11) is 1.50. The lowest BCUT2D eigenvalue weighted by Gasteiger charge is -2.42. The van der Waals surface area contributed by atoms with E-state index in [1.165, 1.54) is 12.2 Å². The van der Waals surface area contributed by atoms with Crippen LogP contribution >= 0.6 is 0 Å². The first-order valence-electron chi connectivity index (χ1n) is 8.98. The molecule has 4 heterocycles. The van der Waals surface area contributed by atoms with Gasteiger partial charge in [-0.25, -0.2) is 0 Å². The van der Waals surface area contributed by atoms with Crippen LogP contribution in [0.1, 0.15) is 25.3 Å². The summed E-state index contributed by atoms with van der Waals surface area (Å²) in [6, 6.07) is 7.67. The molecule has 1 N–H and O–H groups in total. The smallest absolute Gasteiger partial charge is 0.264 e. The fourth-order valence-electron chi connectivity index (χ4n) is 5.54. The molecule has 1 aliphatic carbocycles. The zero-order valence-corrected chi connectivity index (χ0v) is 14.4. The normalized spacial score (nSPS) is 41.2. The number of aliphatic imine (C=N–C) groups is 1. The molecule has 1 aromatic rings. The Bertz CT molecular complexity index is 778. The standard InChI is InChI=1S/C19H22N2O4/c1-3-12-15-10-9-25-17(16(15)22)19(8-13(10)20-12)11-6-4-5-7-14(11)21(24-2)18(19)23/h4-7,10,13,15-17,22H,3,8-9H2,1-2H3/t10?,13?,15?,16-,17-,19-/m1/s1. The number of anilines is 1. The lowest BCUT2D eigenvalue weighted by molar-refractivity contribution is -0.152. The number of benzene rings is 1. The van der Waals surface area contributed by atoms with E-state index in [-0.39, 0.29) is 23.8 Å². The Morgan fingerprint density at radius 3 is 3.00 bits per heavy atom. The molecule has 1 amide bonds. The van der Waals surface area contributed by atoms with Gasteiger partial charge in [0.2, 0.25) is 0 Å². The highest BCUT2D eigenvalue weighted by atomic mass is 16.7. The van der Waals surface area contributed by atoms with E-state index in [0.717, 1.165) is 23.4 Å². The van der Waals surface area contributed by atoms with Crippen LogP contribution in [0.5, 0.6) is 0 Å². The van der Waals surface area contributed by atoms with Crippen LogP contribution in [0.15, 0.2) is 29.3 Å². The summed E-state index contributed by atoms with van der Waals surface area (Å²) in [6.07, 6.45) is 0.113. The number of aliphatic hydroxyl groups is 1. The number of ether oxygens (including phenoxy) is 1. The van der Waals surface area contributed by atoms with Crippen molar-refractivity contribution >= 4 is 17.3 Å². The van der Waals surface area contributed by atoms with Crippen molar-refractivity contribution in [3.63, 3.8) is 0 Å². The molecule has 1 aromatic carbocycles. The minimum atomic E-state index is -0.928. The second kappa shape index (κ2) is 5.13. The number of para-hydroxylation sites is 1. The maximum Gasteiger partial charge on any atom is 0.264 e. The molecule has 0 aromatic heterocycles. The number of hydroxylamine groups is 1. The third-order valence-corrected chi connectivity index (χ3v) is 6.55. The third kappa shape index (κ3) is 1.70. The van der Waals surface area contributed by atoms with E-state index in [0.29, 0.717) is 13.0 Å². The predicted molar refractivity (Wildman–Crippen MR) is 91.5 cm³/mol. The van der Waals surface area contributed by atoms with Crippen LogP contribution < -0.4 is 5.06 Å². The molecule has 6 heteroatoms. The number of hydrogen-bond donors (Lipinski definition) is 1. The van der Waals surface area contributed by atoms with Gasteiger partial charge < -0.3 is 9.84 Å². The molecule has 0 radical (unpaired) electrons. The Balaban J connectivity index is 1.73. The van der Waals surface area contributed by atoms with Crippen molar-refractivity contribution < 1.29 is 19.5 Å². The SMILES string of the molecule is CCC1=NC2C[C@]3(C(=O)N(OC)c4ccccc43)[C@@H]3OCC2C1[C@H]3O. The summed E-state index contributed by atoms with van der Waals surface area (Å²) in [5.74, 6) is 0.0171. The van der Waals surface area contributed by atoms with Crippen LogP contribution in [0.25, 0.3) is 0 Å². The first kappa shape index (κ1) is 15.5. The molecule has 1 saturated carbocycles. The Labute approximate surface area is 146 Å². The van der Waals surface area contributed by atoms with E-state index < -0.39 is 17.6 Å². The van der Waals surface area contributed by atoms with Crippen molar-refractivity contribution in [1.29, 1.82) is 0 Å². The number of nitrogens with zero attached hydrogens (tertiary/aromatic N) is 2. The fraction of sp³-hybridized carbons (Fsp3) is 0.579. The minimum absolute atomic E-state index is 0.00434. The summed E-state index contributed by atoms with van der Waals surface area (Å²) in [4.78, 5) is 23.7. The van der Waals surface area contributed by atoms with E-state index in [9.17, 15) is 9.90 Å². The quantitative estimate of drug-likeness (QED) is 0.883. The highest BCUT2D eigenvalue weighted by Crippen LogP contribution is 2.56. The van der Waals surface area contributed by atoms with Crippen molar-refractivity contribution in [1.82, 2.24) is 0 Å². The maximum absolute atomic E-state index is 13.4. The Morgan fingerprint density at radius 1 is 1.44 bits per heavy atom. The molecule has 6 rings (SSSR count). The summed E-state index contributed by atoms with van der Waals surface area (Å²) in [5, 5.41) is 12.5. The second-order valence-corrected chi connectivity index (χ2v) is 7.45. The zero-order valence-electron chi connectivity index (χ0n) is 14.4. The molecule has 1 spiro atoms. The molecule has 3 unspecified atom stereocenters. The van der Waals surface area contributed by atoms with Gasteiger partial charge in [-0.3, -0.25) is 14.6 Å². The van der Waals surface area contributed by atoms with Gasteiger partial charge in [-0.2, -0.15) is 5.06 Å². The van der Waals surface area contributed by atoms with Gasteiger partial charge >= 0.3 is 0 Å². The average Bonchev–Trinajstić information content (AvgIpc) is 3.00. The number of carbonyl (C=O) groups is 1. The summed E-state index contributed by atoms with van der Waals surface area (Å²) in [5.41, 5.74) is 1.77.